The van der Waals surface area contributed by atoms with Gasteiger partial charge in [0.05, 0.1) is 0 Å². The molecular weight excluding hydrogens is 298 g/mol. The van der Waals surface area contributed by atoms with E-state index < -0.39 is 0 Å². The second kappa shape index (κ2) is 5.65. The van der Waals surface area contributed by atoms with E-state index in [1.54, 1.807) is 11.3 Å². The second-order valence-corrected chi connectivity index (χ2v) is 5.56. The fourth-order valence-electron chi connectivity index (χ4n) is 1.73. The molecule has 0 fully saturated rings. The number of hydrogen-bond acceptors (Lipinski definition) is 2. The van der Waals surface area contributed by atoms with Crippen LogP contribution in [0.5, 0.6) is 0 Å². The Hall–Kier alpha value is -0.870. The maximum atomic E-state index is 11.1. The minimum absolute atomic E-state index is 0.116. The van der Waals surface area contributed by atoms with Crippen LogP contribution in [0.4, 0.5) is 0 Å². The molecule has 0 saturated carbocycles. The third kappa shape index (κ3) is 2.87. The third-order valence-electron chi connectivity index (χ3n) is 2.67. The Balaban J connectivity index is 2.09. The molecule has 0 atom stereocenters. The average molecular weight is 312 g/mol. The Labute approximate surface area is 113 Å². The number of amides is 1. The molecule has 0 radical (unpaired) electrons. The van der Waals surface area contributed by atoms with Gasteiger partial charge >= 0.3 is 0 Å². The van der Waals surface area contributed by atoms with Gasteiger partial charge in [0, 0.05) is 22.1 Å². The van der Waals surface area contributed by atoms with Crippen LogP contribution in [0.15, 0.2) is 28.1 Å². The maximum Gasteiger partial charge on any atom is 0.219 e. The summed E-state index contributed by atoms with van der Waals surface area (Å²) in [6, 6.07) is 6.24. The SMILES string of the molecule is CCC(=O)NCCc1csc2c(Br)cccc12. The van der Waals surface area contributed by atoms with Crippen LogP contribution < -0.4 is 5.32 Å². The van der Waals surface area contributed by atoms with Gasteiger partial charge in [-0.25, -0.2) is 0 Å². The number of rotatable bonds is 4. The van der Waals surface area contributed by atoms with Gasteiger partial charge < -0.3 is 5.32 Å². The van der Waals surface area contributed by atoms with Gasteiger partial charge in [0.1, 0.15) is 0 Å². The molecule has 1 aromatic carbocycles. The van der Waals surface area contributed by atoms with Crippen molar-refractivity contribution in [2.45, 2.75) is 19.8 Å². The molecule has 0 spiro atoms. The zero-order chi connectivity index (χ0) is 12.3. The lowest BCUT2D eigenvalue weighted by Gasteiger charge is -2.02. The molecule has 1 aromatic heterocycles. The molecule has 2 rings (SSSR count). The Morgan fingerprint density at radius 1 is 1.47 bits per heavy atom. The van der Waals surface area contributed by atoms with E-state index in [-0.39, 0.29) is 5.91 Å². The van der Waals surface area contributed by atoms with Gasteiger partial charge in [-0.15, -0.1) is 11.3 Å². The Morgan fingerprint density at radius 2 is 2.29 bits per heavy atom. The van der Waals surface area contributed by atoms with Crippen LogP contribution in [0.25, 0.3) is 10.1 Å². The van der Waals surface area contributed by atoms with E-state index in [2.05, 4.69) is 38.8 Å². The molecule has 1 N–H and O–H groups in total. The molecule has 90 valence electrons. The number of halogens is 1. The number of nitrogens with one attached hydrogen (secondary N) is 1. The number of benzene rings is 1. The monoisotopic (exact) mass is 311 g/mol. The molecule has 17 heavy (non-hydrogen) atoms. The molecule has 0 saturated heterocycles. The van der Waals surface area contributed by atoms with Crippen LogP contribution in [-0.2, 0) is 11.2 Å². The first-order chi connectivity index (χ1) is 8.22. The zero-order valence-electron chi connectivity index (χ0n) is 9.63. The number of carbonyl (C=O) groups is 1. The lowest BCUT2D eigenvalue weighted by molar-refractivity contribution is -0.120. The highest BCUT2D eigenvalue weighted by Gasteiger charge is 2.06. The van der Waals surface area contributed by atoms with Crippen molar-refractivity contribution >= 4 is 43.3 Å². The summed E-state index contributed by atoms with van der Waals surface area (Å²) in [5.41, 5.74) is 1.31. The summed E-state index contributed by atoms with van der Waals surface area (Å²) in [5, 5.41) is 6.37. The molecule has 0 aliphatic heterocycles. The summed E-state index contributed by atoms with van der Waals surface area (Å²) >= 11 is 5.30. The van der Waals surface area contributed by atoms with Crippen LogP contribution >= 0.6 is 27.3 Å². The summed E-state index contributed by atoms with van der Waals surface area (Å²) in [7, 11) is 0. The van der Waals surface area contributed by atoms with Crippen molar-refractivity contribution in [3.8, 4) is 0 Å². The van der Waals surface area contributed by atoms with E-state index >= 15 is 0 Å². The van der Waals surface area contributed by atoms with Gasteiger partial charge in [-0.05, 0) is 44.7 Å². The molecule has 4 heteroatoms. The molecule has 0 aliphatic rings. The van der Waals surface area contributed by atoms with Crippen molar-refractivity contribution in [1.29, 1.82) is 0 Å². The largest absolute Gasteiger partial charge is 0.356 e. The smallest absolute Gasteiger partial charge is 0.219 e. The molecule has 0 aliphatic carbocycles. The fraction of sp³-hybridized carbons (Fsp3) is 0.308. The molecule has 1 heterocycles. The van der Waals surface area contributed by atoms with E-state index in [4.69, 9.17) is 0 Å². The first kappa shape index (κ1) is 12.6. The topological polar surface area (TPSA) is 29.1 Å². The number of carbonyl (C=O) groups excluding carboxylic acids is 1. The molecule has 2 nitrogen and oxygen atoms in total. The van der Waals surface area contributed by atoms with Crippen LogP contribution in [0.2, 0.25) is 0 Å². The minimum Gasteiger partial charge on any atom is -0.356 e. The molecular formula is C13H14BrNOS. The van der Waals surface area contributed by atoms with E-state index in [0.29, 0.717) is 13.0 Å². The Morgan fingerprint density at radius 3 is 3.06 bits per heavy atom. The summed E-state index contributed by atoms with van der Waals surface area (Å²) in [6.45, 7) is 2.58. The number of thiophene rings is 1. The lowest BCUT2D eigenvalue weighted by atomic mass is 10.1. The highest BCUT2D eigenvalue weighted by Crippen LogP contribution is 2.32. The van der Waals surface area contributed by atoms with Crippen molar-refractivity contribution in [2.24, 2.45) is 0 Å². The molecule has 0 bridgehead atoms. The van der Waals surface area contributed by atoms with Crippen molar-refractivity contribution in [3.05, 3.63) is 33.6 Å². The van der Waals surface area contributed by atoms with Gasteiger partial charge in [-0.2, -0.15) is 0 Å². The van der Waals surface area contributed by atoms with Crippen molar-refractivity contribution in [1.82, 2.24) is 5.32 Å². The number of fused-ring (bicyclic) bond motifs is 1. The zero-order valence-corrected chi connectivity index (χ0v) is 12.0. The highest BCUT2D eigenvalue weighted by atomic mass is 79.9. The predicted octanol–water partition coefficient (Wildman–Crippen LogP) is 3.73. The number of hydrogen-bond donors (Lipinski definition) is 1. The highest BCUT2D eigenvalue weighted by molar-refractivity contribution is 9.10. The van der Waals surface area contributed by atoms with E-state index in [1.165, 1.54) is 15.6 Å². The molecule has 0 unspecified atom stereocenters. The molecule has 2 aromatic rings. The van der Waals surface area contributed by atoms with E-state index in [1.807, 2.05) is 13.0 Å². The summed E-state index contributed by atoms with van der Waals surface area (Å²) in [5.74, 6) is 0.116. The fourth-order valence-corrected chi connectivity index (χ4v) is 3.39. The van der Waals surface area contributed by atoms with Gasteiger partial charge in [0.25, 0.3) is 0 Å². The average Bonchev–Trinajstić information content (AvgIpc) is 2.74. The van der Waals surface area contributed by atoms with Gasteiger partial charge in [-0.3, -0.25) is 4.79 Å². The first-order valence-electron chi connectivity index (χ1n) is 5.63. The van der Waals surface area contributed by atoms with E-state index in [9.17, 15) is 4.79 Å². The maximum absolute atomic E-state index is 11.1. The third-order valence-corrected chi connectivity index (χ3v) is 4.67. The summed E-state index contributed by atoms with van der Waals surface area (Å²) < 4.78 is 2.42. The Kier molecular flexibility index (Phi) is 4.18. The Bertz CT molecular complexity index is 535. The minimum atomic E-state index is 0.116. The van der Waals surface area contributed by atoms with Gasteiger partial charge in [0.2, 0.25) is 5.91 Å². The first-order valence-corrected chi connectivity index (χ1v) is 7.31. The predicted molar refractivity (Wildman–Crippen MR) is 76.5 cm³/mol. The standard InChI is InChI=1S/C13H14BrNOS/c1-2-12(16)15-7-6-9-8-17-13-10(9)4-3-5-11(13)14/h3-5,8H,2,6-7H2,1H3,(H,15,16). The van der Waals surface area contributed by atoms with Crippen molar-refractivity contribution in [2.75, 3.05) is 6.54 Å². The summed E-state index contributed by atoms with van der Waals surface area (Å²) in [6.07, 6.45) is 1.44. The lowest BCUT2D eigenvalue weighted by Crippen LogP contribution is -2.24. The van der Waals surface area contributed by atoms with Gasteiger partial charge in [0.15, 0.2) is 0 Å². The quantitative estimate of drug-likeness (QED) is 0.915. The molecule has 1 amide bonds. The van der Waals surface area contributed by atoms with Crippen LogP contribution in [0.3, 0.4) is 0 Å². The van der Waals surface area contributed by atoms with Crippen LogP contribution in [-0.4, -0.2) is 12.5 Å². The normalized spacial score (nSPS) is 10.7. The summed E-state index contributed by atoms with van der Waals surface area (Å²) in [4.78, 5) is 11.1. The van der Waals surface area contributed by atoms with Gasteiger partial charge in [-0.1, -0.05) is 19.1 Å². The van der Waals surface area contributed by atoms with Crippen LogP contribution in [0, 0.1) is 0 Å². The van der Waals surface area contributed by atoms with E-state index in [0.717, 1.165) is 10.9 Å². The second-order valence-electron chi connectivity index (χ2n) is 3.83. The van der Waals surface area contributed by atoms with Crippen molar-refractivity contribution < 1.29 is 4.79 Å². The van der Waals surface area contributed by atoms with Crippen molar-refractivity contribution in [3.63, 3.8) is 0 Å². The van der Waals surface area contributed by atoms with Crippen LogP contribution in [0.1, 0.15) is 18.9 Å².